The fourth-order valence-corrected chi connectivity index (χ4v) is 3.57. The second-order valence-corrected chi connectivity index (χ2v) is 8.89. The molecular weight excluding hydrogens is 461 g/mol. The van der Waals surface area contributed by atoms with Gasteiger partial charge in [-0.15, -0.1) is 0 Å². The predicted octanol–water partition coefficient (Wildman–Crippen LogP) is 3.55. The Morgan fingerprint density at radius 3 is 2.16 bits per heavy atom. The maximum atomic E-state index is 12.6. The van der Waals surface area contributed by atoms with Crippen molar-refractivity contribution in [1.82, 2.24) is 4.31 Å². The van der Waals surface area contributed by atoms with Crippen LogP contribution in [-0.2, 0) is 30.5 Å². The summed E-state index contributed by atoms with van der Waals surface area (Å²) in [6, 6.07) is 9.02. The number of likely N-dealkylation sites (N-methyl/N-ethyl adjacent to an activating group) is 1. The number of anilines is 1. The lowest BCUT2D eigenvalue weighted by Crippen LogP contribution is -2.37. The van der Waals surface area contributed by atoms with Crippen molar-refractivity contribution >= 4 is 39.2 Å². The van der Waals surface area contributed by atoms with Gasteiger partial charge in [-0.25, -0.2) is 8.42 Å². The van der Waals surface area contributed by atoms with E-state index in [2.05, 4.69) is 5.32 Å². The van der Waals surface area contributed by atoms with Crippen molar-refractivity contribution in [3.05, 3.63) is 59.1 Å². The molecule has 0 heterocycles. The van der Waals surface area contributed by atoms with Crippen molar-refractivity contribution in [2.75, 3.05) is 18.9 Å². The highest BCUT2D eigenvalue weighted by Crippen LogP contribution is 2.29. The first-order valence-corrected chi connectivity index (χ1v) is 10.5. The van der Waals surface area contributed by atoms with Gasteiger partial charge in [0.1, 0.15) is 6.54 Å². The molecule has 0 bridgehead atoms. The Morgan fingerprint density at radius 2 is 1.65 bits per heavy atom. The number of benzene rings is 2. The molecule has 0 saturated heterocycles. The molecule has 7 nitrogen and oxygen atoms in total. The molecule has 0 fully saturated rings. The summed E-state index contributed by atoms with van der Waals surface area (Å²) < 4.78 is 68.3. The maximum absolute atomic E-state index is 12.6. The number of nitrogens with zero attached hydrogens (tertiary/aromatic N) is 1. The van der Waals surface area contributed by atoms with Crippen LogP contribution in [0.15, 0.2) is 53.4 Å². The van der Waals surface area contributed by atoms with E-state index >= 15 is 0 Å². The molecule has 12 heteroatoms. The number of amides is 1. The van der Waals surface area contributed by atoms with Gasteiger partial charge in [-0.2, -0.15) is 17.5 Å². The third-order valence-corrected chi connectivity index (χ3v) is 6.10. The molecule has 0 unspecified atom stereocenters. The van der Waals surface area contributed by atoms with Crippen molar-refractivity contribution in [1.29, 1.82) is 0 Å². The largest absolute Gasteiger partial charge is 0.452 e. The minimum atomic E-state index is -4.51. The molecule has 0 aromatic heterocycles. The highest BCUT2D eigenvalue weighted by molar-refractivity contribution is 7.89. The molecule has 0 radical (unpaired) electrons. The predicted molar refractivity (Wildman–Crippen MR) is 107 cm³/mol. The number of carbonyl (C=O) groups excluding carboxylic acids is 2. The van der Waals surface area contributed by atoms with E-state index in [0.29, 0.717) is 5.02 Å². The molecular formula is C19H18ClF3N2O5S. The molecule has 0 aliphatic heterocycles. The van der Waals surface area contributed by atoms with Crippen molar-refractivity contribution in [2.45, 2.75) is 24.1 Å². The van der Waals surface area contributed by atoms with Crippen molar-refractivity contribution in [3.63, 3.8) is 0 Å². The van der Waals surface area contributed by atoms with Crippen LogP contribution in [0.4, 0.5) is 18.9 Å². The number of hydrogen-bond donors (Lipinski definition) is 1. The molecule has 2 aromatic rings. The number of ether oxygens (including phenoxy) is 1. The second-order valence-electron chi connectivity index (χ2n) is 6.41. The smallest absolute Gasteiger partial charge is 0.416 e. The number of hydrogen-bond acceptors (Lipinski definition) is 5. The number of esters is 1. The average molecular weight is 479 g/mol. The third kappa shape index (κ3) is 6.68. The maximum Gasteiger partial charge on any atom is 0.416 e. The highest BCUT2D eigenvalue weighted by atomic mass is 35.5. The summed E-state index contributed by atoms with van der Waals surface area (Å²) in [5.41, 5.74) is -0.807. The number of alkyl halides is 3. The molecule has 2 aromatic carbocycles. The summed E-state index contributed by atoms with van der Waals surface area (Å²) in [5.74, 6) is -1.79. The minimum Gasteiger partial charge on any atom is -0.452 e. The Hall–Kier alpha value is -2.63. The van der Waals surface area contributed by atoms with E-state index in [1.165, 1.54) is 31.2 Å². The van der Waals surface area contributed by atoms with Gasteiger partial charge in [0.05, 0.1) is 10.5 Å². The third-order valence-electron chi connectivity index (χ3n) is 4.03. The van der Waals surface area contributed by atoms with Crippen molar-refractivity contribution in [3.8, 4) is 0 Å². The zero-order valence-electron chi connectivity index (χ0n) is 16.3. The number of nitrogens with one attached hydrogen (secondary N) is 1. The summed E-state index contributed by atoms with van der Waals surface area (Å²) in [5, 5.41) is 2.65. The fourth-order valence-electron chi connectivity index (χ4n) is 2.33. The molecule has 0 spiro atoms. The number of rotatable bonds is 7. The van der Waals surface area contributed by atoms with Crippen LogP contribution in [0.25, 0.3) is 0 Å². The van der Waals surface area contributed by atoms with E-state index in [0.717, 1.165) is 35.6 Å². The van der Waals surface area contributed by atoms with Gasteiger partial charge in [-0.3, -0.25) is 9.59 Å². The lowest BCUT2D eigenvalue weighted by Gasteiger charge is -2.18. The summed E-state index contributed by atoms with van der Waals surface area (Å²) in [6.45, 7) is 0.577. The summed E-state index contributed by atoms with van der Waals surface area (Å²) in [4.78, 5) is 24.1. The summed E-state index contributed by atoms with van der Waals surface area (Å²) in [7, 11) is -2.83. The first-order valence-electron chi connectivity index (χ1n) is 8.70. The molecule has 31 heavy (non-hydrogen) atoms. The van der Waals surface area contributed by atoms with Crippen molar-refractivity contribution < 1.29 is 35.9 Å². The SMILES string of the molecule is C[C@@H](OC(=O)CN(C)S(=O)(=O)c1ccc(Cl)cc1)C(=O)Nc1ccc(C(F)(F)F)cc1. The van der Waals surface area contributed by atoms with Gasteiger partial charge in [0.25, 0.3) is 5.91 Å². The molecule has 2 rings (SSSR count). The highest BCUT2D eigenvalue weighted by Gasteiger charge is 2.30. The van der Waals surface area contributed by atoms with E-state index in [-0.39, 0.29) is 10.6 Å². The Labute approximate surface area is 181 Å². The lowest BCUT2D eigenvalue weighted by atomic mass is 10.2. The molecule has 0 aliphatic rings. The van der Waals surface area contributed by atoms with Crippen LogP contribution in [0.5, 0.6) is 0 Å². The van der Waals surface area contributed by atoms with Crippen LogP contribution in [0.2, 0.25) is 5.02 Å². The van der Waals surface area contributed by atoms with Gasteiger partial charge in [-0.05, 0) is 55.5 Å². The van der Waals surface area contributed by atoms with Crippen molar-refractivity contribution in [2.24, 2.45) is 0 Å². The topological polar surface area (TPSA) is 92.8 Å². The zero-order valence-corrected chi connectivity index (χ0v) is 17.9. The molecule has 0 aliphatic carbocycles. The van der Waals surface area contributed by atoms with Gasteiger partial charge in [0.15, 0.2) is 6.10 Å². The minimum absolute atomic E-state index is 0.0725. The molecule has 1 atom stereocenters. The first kappa shape index (κ1) is 24.6. The fraction of sp³-hybridized carbons (Fsp3) is 0.263. The van der Waals surface area contributed by atoms with E-state index in [1.807, 2.05) is 0 Å². The summed E-state index contributed by atoms with van der Waals surface area (Å²) >= 11 is 5.73. The van der Waals surface area contributed by atoms with Gasteiger partial charge in [-0.1, -0.05) is 11.6 Å². The van der Waals surface area contributed by atoms with Gasteiger partial charge in [0.2, 0.25) is 10.0 Å². The number of carbonyl (C=O) groups is 2. The molecule has 0 saturated carbocycles. The zero-order chi connectivity index (χ0) is 23.4. The van der Waals surface area contributed by atoms with Crippen LogP contribution >= 0.6 is 11.6 Å². The number of halogens is 4. The standard InChI is InChI=1S/C19H18ClF3N2O5S/c1-12(18(27)24-15-7-3-13(4-8-15)19(21,22)23)30-17(26)11-25(2)31(28,29)16-9-5-14(20)6-10-16/h3-10,12H,11H2,1-2H3,(H,24,27)/t12-/m1/s1. The average Bonchev–Trinajstić information content (AvgIpc) is 2.67. The molecule has 1 N–H and O–H groups in total. The van der Waals surface area contributed by atoms with Crippen LogP contribution < -0.4 is 5.32 Å². The Kier molecular flexibility index (Phi) is 7.68. The van der Waals surface area contributed by atoms with Gasteiger partial charge >= 0.3 is 12.1 Å². The van der Waals surface area contributed by atoms with Crippen LogP contribution in [0.3, 0.4) is 0 Å². The first-order chi connectivity index (χ1) is 14.3. The Morgan fingerprint density at radius 1 is 1.10 bits per heavy atom. The van der Waals surface area contributed by atoms with E-state index in [4.69, 9.17) is 16.3 Å². The second kappa shape index (κ2) is 9.67. The molecule has 1 amide bonds. The van der Waals surface area contributed by atoms with E-state index in [9.17, 15) is 31.2 Å². The van der Waals surface area contributed by atoms with Crippen LogP contribution in [0.1, 0.15) is 12.5 Å². The Bertz CT molecular complexity index is 1040. The lowest BCUT2D eigenvalue weighted by molar-refractivity contribution is -0.153. The summed E-state index contributed by atoms with van der Waals surface area (Å²) in [6.07, 6.45) is -5.83. The monoisotopic (exact) mass is 478 g/mol. The molecule has 168 valence electrons. The van der Waals surface area contributed by atoms with Crippen LogP contribution in [0, 0.1) is 0 Å². The van der Waals surface area contributed by atoms with Gasteiger partial charge in [0, 0.05) is 17.8 Å². The van der Waals surface area contributed by atoms with E-state index < -0.39 is 46.3 Å². The van der Waals surface area contributed by atoms with E-state index in [1.54, 1.807) is 0 Å². The normalized spacial score (nSPS) is 13.0. The number of sulfonamides is 1. The van der Waals surface area contributed by atoms with Crippen LogP contribution in [-0.4, -0.2) is 44.3 Å². The van der Waals surface area contributed by atoms with Gasteiger partial charge < -0.3 is 10.1 Å². The quantitative estimate of drug-likeness (QED) is 0.614. The Balaban J connectivity index is 1.93.